The molecule has 0 aromatic heterocycles. The van der Waals surface area contributed by atoms with Crippen LogP contribution >= 0.6 is 0 Å². The normalized spacial score (nSPS) is 15.0. The second kappa shape index (κ2) is 4.73. The molecule has 0 aromatic rings. The molecule has 2 nitrogen and oxygen atoms in total. The zero-order valence-electron chi connectivity index (χ0n) is 10.8. The smallest absolute Gasteiger partial charge is 0.255 e. The molecule has 0 unspecified atom stereocenters. The molecule has 0 saturated carbocycles. The van der Waals surface area contributed by atoms with E-state index in [4.69, 9.17) is 0 Å². The minimum atomic E-state index is 0.0357. The van der Waals surface area contributed by atoms with Gasteiger partial charge in [0, 0.05) is 24.1 Å². The molecule has 0 spiro atoms. The van der Waals surface area contributed by atoms with E-state index in [9.17, 15) is 4.79 Å². The van der Waals surface area contributed by atoms with E-state index in [0.29, 0.717) is 0 Å². The summed E-state index contributed by atoms with van der Waals surface area (Å²) in [6, 6.07) is 9.93. The predicted octanol–water partition coefficient (Wildman–Crippen LogP) is 3.26. The van der Waals surface area contributed by atoms with Gasteiger partial charge in [0.2, 0.25) is 0 Å². The molecule has 0 fully saturated rings. The number of hydrogen-bond acceptors (Lipinski definition) is 1. The van der Waals surface area contributed by atoms with Gasteiger partial charge < -0.3 is 4.57 Å². The highest BCUT2D eigenvalue weighted by Crippen LogP contribution is 2.30. The Kier molecular flexibility index (Phi) is 2.92. The van der Waals surface area contributed by atoms with Gasteiger partial charge in [0.1, 0.15) is 0 Å². The van der Waals surface area contributed by atoms with Crippen LogP contribution < -0.4 is 5.56 Å². The minimum Gasteiger partial charge on any atom is -0.311 e. The fourth-order valence-electron chi connectivity index (χ4n) is 2.54. The van der Waals surface area contributed by atoms with E-state index in [0.717, 1.165) is 16.8 Å². The van der Waals surface area contributed by atoms with Crippen molar-refractivity contribution in [1.82, 2.24) is 4.57 Å². The largest absolute Gasteiger partial charge is 0.311 e. The Morgan fingerprint density at radius 3 is 2.37 bits per heavy atom. The van der Waals surface area contributed by atoms with E-state index < -0.39 is 0 Å². The van der Waals surface area contributed by atoms with Gasteiger partial charge in [-0.15, -0.1) is 0 Å². The Morgan fingerprint density at radius 2 is 1.63 bits per heavy atom. The van der Waals surface area contributed by atoms with Crippen molar-refractivity contribution in [3.05, 3.63) is 82.7 Å². The Balaban J connectivity index is 2.26. The molecule has 3 aliphatic rings. The number of allylic oxidation sites excluding steroid dienone is 6. The molecule has 0 bridgehead atoms. The third kappa shape index (κ3) is 1.95. The first kappa shape index (κ1) is 11.7. The number of fused-ring (bicyclic) bond motifs is 1. The lowest BCUT2D eigenvalue weighted by Gasteiger charge is -2.05. The van der Waals surface area contributed by atoms with E-state index in [-0.39, 0.29) is 11.5 Å². The van der Waals surface area contributed by atoms with Crippen LogP contribution in [0.2, 0.25) is 0 Å². The minimum absolute atomic E-state index is 0.0357. The quantitative estimate of drug-likeness (QED) is 0.760. The van der Waals surface area contributed by atoms with Gasteiger partial charge in [-0.05, 0) is 6.07 Å². The molecule has 2 heteroatoms. The van der Waals surface area contributed by atoms with Gasteiger partial charge in [0.05, 0.1) is 5.69 Å². The highest BCUT2D eigenvalue weighted by atomic mass is 16.1. The maximum absolute atomic E-state index is 12.5. The van der Waals surface area contributed by atoms with Gasteiger partial charge in [0.15, 0.2) is 0 Å². The monoisotopic (exact) mass is 249 g/mol. The van der Waals surface area contributed by atoms with Gasteiger partial charge in [-0.2, -0.15) is 0 Å². The average molecular weight is 249 g/mol. The molecule has 0 amide bonds. The highest BCUT2D eigenvalue weighted by Gasteiger charge is 2.21. The molecule has 0 aromatic carbocycles. The summed E-state index contributed by atoms with van der Waals surface area (Å²) in [5.74, 6) is 0.0357. The van der Waals surface area contributed by atoms with Gasteiger partial charge in [0.25, 0.3) is 5.56 Å². The zero-order valence-corrected chi connectivity index (χ0v) is 10.8. The molecule has 0 atom stereocenters. The maximum Gasteiger partial charge on any atom is 0.255 e. The Bertz CT molecular complexity index is 703. The summed E-state index contributed by atoms with van der Waals surface area (Å²) in [6.45, 7) is 0. The summed E-state index contributed by atoms with van der Waals surface area (Å²) in [7, 11) is 1.83. The first-order valence-corrected chi connectivity index (χ1v) is 6.38. The predicted molar refractivity (Wildman–Crippen MR) is 78.5 cm³/mol. The van der Waals surface area contributed by atoms with E-state index in [1.807, 2.05) is 61.7 Å². The van der Waals surface area contributed by atoms with Crippen molar-refractivity contribution in [2.24, 2.45) is 7.05 Å². The molecular formula is C17H15NO. The van der Waals surface area contributed by atoms with Crippen LogP contribution in [0, 0.1) is 0 Å². The second-order valence-corrected chi connectivity index (χ2v) is 4.67. The lowest BCUT2D eigenvalue weighted by molar-refractivity contribution is 0.881. The summed E-state index contributed by atoms with van der Waals surface area (Å²) in [5, 5.41) is 0. The van der Waals surface area contributed by atoms with Crippen molar-refractivity contribution in [3.8, 4) is 11.3 Å². The van der Waals surface area contributed by atoms with Crippen molar-refractivity contribution in [1.29, 1.82) is 0 Å². The molecule has 0 saturated heterocycles. The van der Waals surface area contributed by atoms with Crippen molar-refractivity contribution in [2.75, 3.05) is 0 Å². The Morgan fingerprint density at radius 1 is 0.947 bits per heavy atom. The molecule has 3 rings (SSSR count). The van der Waals surface area contributed by atoms with Gasteiger partial charge >= 0.3 is 0 Å². The van der Waals surface area contributed by atoms with Crippen LogP contribution in [0.5, 0.6) is 0 Å². The van der Waals surface area contributed by atoms with E-state index >= 15 is 0 Å². The molecule has 94 valence electrons. The number of nitrogens with zero attached hydrogens (tertiary/aromatic N) is 1. The van der Waals surface area contributed by atoms with E-state index in [2.05, 4.69) is 12.2 Å². The summed E-state index contributed by atoms with van der Waals surface area (Å²) < 4.78 is 1.73. The van der Waals surface area contributed by atoms with Crippen LogP contribution in [0.4, 0.5) is 0 Å². The fourth-order valence-corrected chi connectivity index (χ4v) is 2.54. The van der Waals surface area contributed by atoms with Crippen LogP contribution in [0.3, 0.4) is 0 Å². The standard InChI is InChI=1S/C17H15NO/c1-18-15-12-8-4-7-11-14(15)16(17(18)19)13-9-5-2-3-6-10-13/h2-13H,1H3. The lowest BCUT2D eigenvalue weighted by atomic mass is 9.96. The average Bonchev–Trinajstić information content (AvgIpc) is 2.73. The van der Waals surface area contributed by atoms with Crippen LogP contribution in [0.1, 0.15) is 11.5 Å². The third-order valence-electron chi connectivity index (χ3n) is 3.51. The zero-order chi connectivity index (χ0) is 13.2. The molecule has 1 heterocycles. The molecule has 0 radical (unpaired) electrons. The number of hydrogen-bond donors (Lipinski definition) is 0. The SMILES string of the molecule is Cn1c2cccccc-2c(C2C=CC=CC=C2)c1=O. The van der Waals surface area contributed by atoms with Crippen LogP contribution in [0.15, 0.2) is 71.6 Å². The summed E-state index contributed by atoms with van der Waals surface area (Å²) in [5.41, 5.74) is 2.94. The third-order valence-corrected chi connectivity index (χ3v) is 3.51. The summed E-state index contributed by atoms with van der Waals surface area (Å²) in [6.07, 6.45) is 12.1. The van der Waals surface area contributed by atoms with Gasteiger partial charge in [-0.1, -0.05) is 60.7 Å². The maximum atomic E-state index is 12.5. The van der Waals surface area contributed by atoms with Crippen LogP contribution in [-0.4, -0.2) is 4.57 Å². The Labute approximate surface area is 112 Å². The summed E-state index contributed by atoms with van der Waals surface area (Å²) in [4.78, 5) is 12.5. The molecule has 19 heavy (non-hydrogen) atoms. The van der Waals surface area contributed by atoms with Gasteiger partial charge in [-0.25, -0.2) is 0 Å². The number of rotatable bonds is 1. The van der Waals surface area contributed by atoms with Crippen molar-refractivity contribution < 1.29 is 0 Å². The Hall–Kier alpha value is -2.35. The first-order valence-electron chi connectivity index (χ1n) is 6.38. The van der Waals surface area contributed by atoms with Crippen molar-refractivity contribution in [3.63, 3.8) is 0 Å². The molecule has 2 aliphatic carbocycles. The second-order valence-electron chi connectivity index (χ2n) is 4.67. The molecular weight excluding hydrogens is 234 g/mol. The van der Waals surface area contributed by atoms with Crippen LogP contribution in [0.25, 0.3) is 11.3 Å². The fraction of sp³-hybridized carbons (Fsp3) is 0.118. The summed E-state index contributed by atoms with van der Waals surface area (Å²) >= 11 is 0. The van der Waals surface area contributed by atoms with E-state index in [1.165, 1.54) is 0 Å². The first-order chi connectivity index (χ1) is 9.29. The lowest BCUT2D eigenvalue weighted by Crippen LogP contribution is -2.15. The molecule has 0 N–H and O–H groups in total. The topological polar surface area (TPSA) is 22.0 Å². The van der Waals surface area contributed by atoms with E-state index in [1.54, 1.807) is 4.57 Å². The number of aromatic nitrogens is 1. The van der Waals surface area contributed by atoms with Crippen molar-refractivity contribution >= 4 is 0 Å². The highest BCUT2D eigenvalue weighted by molar-refractivity contribution is 5.68. The van der Waals surface area contributed by atoms with Crippen LogP contribution in [-0.2, 0) is 7.05 Å². The van der Waals surface area contributed by atoms with Gasteiger partial charge in [-0.3, -0.25) is 4.79 Å². The molecule has 1 aliphatic heterocycles. The van der Waals surface area contributed by atoms with Crippen molar-refractivity contribution in [2.45, 2.75) is 5.92 Å².